The van der Waals surface area contributed by atoms with Gasteiger partial charge < -0.3 is 24.4 Å². The van der Waals surface area contributed by atoms with Crippen molar-refractivity contribution in [1.82, 2.24) is 0 Å². The average Bonchev–Trinajstić information content (AvgIpc) is 3.29. The van der Waals surface area contributed by atoms with Gasteiger partial charge in [-0.2, -0.15) is 35.1 Å². The molecule has 68 heavy (non-hydrogen) atoms. The fourth-order valence-corrected chi connectivity index (χ4v) is 9.94. The van der Waals surface area contributed by atoms with Crippen molar-refractivity contribution in [2.75, 3.05) is 6.61 Å². The standard InChI is InChI=1S/2C18H15S.C5H6F4O5S.C3H2F4O5S.Na.H2O/c2*1-4-10-16(11-5-1)19(17-12-6-2-7-13-17)18-14-8-3-9-15-18;1-2-14-3(10)4(6,7)5(8,9)15(11,12)13;4-2(5,1(8)9)3(6,7)13(10,11)12;;/h2*1-15H;2H2,1H3,(H,11,12,13);(H,8,9)(H,10,11,12);;1H2/q2*+1;;;+1;/p-3. The normalized spacial score (nSPS) is 11.7. The first-order valence-corrected chi connectivity index (χ1v) is 23.7. The van der Waals surface area contributed by atoms with Crippen molar-refractivity contribution in [2.24, 2.45) is 0 Å². The Hall–Kier alpha value is -4.82. The Morgan fingerprint density at radius 3 is 0.809 bits per heavy atom. The van der Waals surface area contributed by atoms with E-state index in [2.05, 4.69) is 187 Å². The van der Waals surface area contributed by atoms with Crippen LogP contribution in [0.2, 0.25) is 0 Å². The van der Waals surface area contributed by atoms with Crippen LogP contribution in [0.3, 0.4) is 0 Å². The van der Waals surface area contributed by atoms with Gasteiger partial charge in [-0.25, -0.2) is 26.4 Å². The van der Waals surface area contributed by atoms with E-state index in [0.717, 1.165) is 6.92 Å². The summed E-state index contributed by atoms with van der Waals surface area (Å²) in [4.78, 5) is 27.9. The zero-order chi connectivity index (χ0) is 49.4. The summed E-state index contributed by atoms with van der Waals surface area (Å²) >= 11 is 0. The maximum absolute atomic E-state index is 12.5. The van der Waals surface area contributed by atoms with Gasteiger partial charge in [0.2, 0.25) is 0 Å². The minimum Gasteiger partial charge on any atom is -0.870 e. The molecule has 0 atom stereocenters. The first kappa shape index (κ1) is 61.2. The molecule has 360 valence electrons. The van der Waals surface area contributed by atoms with Crippen molar-refractivity contribution >= 4 is 54.0 Å². The van der Waals surface area contributed by atoms with Crippen LogP contribution in [0.1, 0.15) is 6.92 Å². The summed E-state index contributed by atoms with van der Waals surface area (Å²) in [6, 6.07) is 64.3. The molecule has 0 aromatic heterocycles. The molecular weight excluding hydrogens is 1010 g/mol. The zero-order valence-corrected chi connectivity index (χ0v) is 40.5. The van der Waals surface area contributed by atoms with Crippen molar-refractivity contribution in [1.29, 1.82) is 0 Å². The molecule has 0 bridgehead atoms. The van der Waals surface area contributed by atoms with Gasteiger partial charge in [-0.3, -0.25) is 0 Å². The summed E-state index contributed by atoms with van der Waals surface area (Å²) in [5.74, 6) is -17.8. The molecule has 0 amide bonds. The van der Waals surface area contributed by atoms with Crippen LogP contribution in [0, 0.1) is 0 Å². The number of carbonyl (C=O) groups excluding carboxylic acids is 1. The first-order valence-electron chi connectivity index (χ1n) is 18.4. The molecule has 6 rings (SSSR count). The summed E-state index contributed by atoms with van der Waals surface area (Å²) < 4.78 is 159. The van der Waals surface area contributed by atoms with Crippen molar-refractivity contribution in [3.05, 3.63) is 182 Å². The second kappa shape index (κ2) is 26.8. The van der Waals surface area contributed by atoms with Crippen molar-refractivity contribution < 1.29 is 116 Å². The van der Waals surface area contributed by atoms with E-state index in [9.17, 15) is 70.7 Å². The number of carboxylic acids is 1. The maximum Gasteiger partial charge on any atom is 1.00 e. The van der Waals surface area contributed by atoms with E-state index >= 15 is 0 Å². The molecule has 0 saturated heterocycles. The molecule has 0 heterocycles. The first-order chi connectivity index (χ1) is 30.8. The average molecular weight is 1050 g/mol. The van der Waals surface area contributed by atoms with Crippen LogP contribution in [0.5, 0.6) is 0 Å². The Morgan fingerprint density at radius 1 is 0.471 bits per heavy atom. The van der Waals surface area contributed by atoms with Gasteiger partial charge in [0.25, 0.3) is 0 Å². The molecule has 11 nitrogen and oxygen atoms in total. The number of benzene rings is 6. The second-order valence-electron chi connectivity index (χ2n) is 12.6. The van der Waals surface area contributed by atoms with E-state index in [1.165, 1.54) is 29.4 Å². The molecule has 0 fully saturated rings. The zero-order valence-electron chi connectivity index (χ0n) is 35.3. The molecule has 2 N–H and O–H groups in total. The number of rotatable bonds is 13. The molecule has 0 radical (unpaired) electrons. The number of aliphatic carboxylic acids is 1. The van der Waals surface area contributed by atoms with Crippen LogP contribution in [0.15, 0.2) is 211 Å². The quantitative estimate of drug-likeness (QED) is 0.0431. The predicted molar refractivity (Wildman–Crippen MR) is 228 cm³/mol. The third kappa shape index (κ3) is 15.9. The molecule has 0 aliphatic rings. The van der Waals surface area contributed by atoms with Crippen molar-refractivity contribution in [3.63, 3.8) is 0 Å². The van der Waals surface area contributed by atoms with E-state index in [1.807, 2.05) is 0 Å². The van der Waals surface area contributed by atoms with Crippen LogP contribution >= 0.6 is 0 Å². The van der Waals surface area contributed by atoms with Crippen LogP contribution in [0.4, 0.5) is 35.1 Å². The minimum atomic E-state index is -6.72. The molecule has 24 heteroatoms. The van der Waals surface area contributed by atoms with Gasteiger partial charge in [-0.1, -0.05) is 109 Å². The van der Waals surface area contributed by atoms with E-state index < -0.39 is 61.1 Å². The van der Waals surface area contributed by atoms with Crippen molar-refractivity contribution in [3.8, 4) is 0 Å². The molecule has 6 aromatic carbocycles. The maximum atomic E-state index is 12.5. The molecular formula is C44H37F8NaO11S4. The largest absolute Gasteiger partial charge is 1.00 e. The van der Waals surface area contributed by atoms with Gasteiger partial charge in [-0.15, -0.1) is 0 Å². The Balaban J connectivity index is 0.000000455. The fourth-order valence-electron chi connectivity index (χ4n) is 4.93. The van der Waals surface area contributed by atoms with Gasteiger partial charge in [0.1, 0.15) is 0 Å². The molecule has 0 saturated carbocycles. The van der Waals surface area contributed by atoms with E-state index in [0.29, 0.717) is 0 Å². The molecule has 6 aromatic rings. The molecule has 0 spiro atoms. The topological polar surface area (TPSA) is 208 Å². The number of alkyl halides is 8. The van der Waals surface area contributed by atoms with Gasteiger partial charge in [0, 0.05) is 0 Å². The van der Waals surface area contributed by atoms with Crippen LogP contribution in [-0.4, -0.2) is 77.4 Å². The summed E-state index contributed by atoms with van der Waals surface area (Å²) in [7, 11) is -13.4. The Labute approximate surface area is 414 Å². The smallest absolute Gasteiger partial charge is 0.870 e. The number of hydrogen-bond acceptors (Lipinski definition) is 10. The van der Waals surface area contributed by atoms with Crippen LogP contribution < -0.4 is 29.6 Å². The van der Waals surface area contributed by atoms with Gasteiger partial charge in [0.05, 0.1) is 28.4 Å². The van der Waals surface area contributed by atoms with E-state index in [1.54, 1.807) is 0 Å². The minimum absolute atomic E-state index is 0. The summed E-state index contributed by atoms with van der Waals surface area (Å²) in [5.41, 5.74) is 0. The predicted octanol–water partition coefficient (Wildman–Crippen LogP) is 6.56. The summed E-state index contributed by atoms with van der Waals surface area (Å²) in [6.07, 6.45) is 0. The molecule has 0 aliphatic carbocycles. The summed E-state index contributed by atoms with van der Waals surface area (Å²) in [5, 5.41) is -4.69. The Morgan fingerprint density at radius 2 is 0.662 bits per heavy atom. The third-order valence-electron chi connectivity index (χ3n) is 8.03. The second-order valence-corrected chi connectivity index (χ2v) is 19.5. The Bertz CT molecular complexity index is 2360. The van der Waals surface area contributed by atoms with Gasteiger partial charge in [0.15, 0.2) is 49.6 Å². The van der Waals surface area contributed by atoms with Crippen LogP contribution in [0.25, 0.3) is 0 Å². The monoisotopic (exact) mass is 1040 g/mol. The Kier molecular flexibility index (Phi) is 24.1. The van der Waals surface area contributed by atoms with Gasteiger partial charge in [-0.05, 0) is 79.7 Å². The molecule has 0 unspecified atom stereocenters. The number of esters is 1. The van der Waals surface area contributed by atoms with E-state index in [-0.39, 0.29) is 56.8 Å². The number of carboxylic acid groups (broad SMARTS) is 1. The third-order valence-corrected chi connectivity index (χ3v) is 14.3. The molecule has 0 aliphatic heterocycles. The van der Waals surface area contributed by atoms with Crippen LogP contribution in [-0.2, 0) is 56.4 Å². The van der Waals surface area contributed by atoms with E-state index in [4.69, 9.17) is 5.11 Å². The van der Waals surface area contributed by atoms with Gasteiger partial charge >= 0.3 is 63.9 Å². The number of carbonyl (C=O) groups is 2. The number of ether oxygens (including phenoxy) is 1. The van der Waals surface area contributed by atoms with Crippen molar-refractivity contribution in [2.45, 2.75) is 58.7 Å². The summed E-state index contributed by atoms with van der Waals surface area (Å²) in [6.45, 7) is 0.376. The SMILES string of the molecule is CCOC(=O)C(F)(F)C(F)(F)S(=O)(=O)[O-].O=C(O)C(F)(F)C(F)(F)S(=O)(=O)[O-].[Na+].[OH-].c1ccc([S+](c2ccccc2)c2ccccc2)cc1.c1ccc([S+](c2ccccc2)c2ccccc2)cc1. The fraction of sp³-hybridized carbons (Fsp3) is 0.136. The number of halogens is 8. The number of hydrogen-bond donors (Lipinski definition) is 1.